The fraction of sp³-hybridized carbons (Fsp3) is 0.556. The molecule has 1 aliphatic carbocycles. The summed E-state index contributed by atoms with van der Waals surface area (Å²) in [4.78, 5) is 19.3. The van der Waals surface area contributed by atoms with Gasteiger partial charge in [-0.2, -0.15) is 0 Å². The molecule has 3 rings (SSSR count). The van der Waals surface area contributed by atoms with Gasteiger partial charge in [-0.15, -0.1) is 0 Å². The minimum Gasteiger partial charge on any atom is -0.507 e. The quantitative estimate of drug-likeness (QED) is 0.899. The van der Waals surface area contributed by atoms with Crippen LogP contribution in [0.15, 0.2) is 21.9 Å². The highest BCUT2D eigenvalue weighted by atomic mass is 16.3. The van der Waals surface area contributed by atoms with Gasteiger partial charge in [0.2, 0.25) is 0 Å². The minimum atomic E-state index is -0.217. The first kappa shape index (κ1) is 15.1. The van der Waals surface area contributed by atoms with Gasteiger partial charge in [-0.1, -0.05) is 19.9 Å². The molecule has 1 aromatic rings. The van der Waals surface area contributed by atoms with Crippen LogP contribution in [0.2, 0.25) is 0 Å². The van der Waals surface area contributed by atoms with Gasteiger partial charge in [0.15, 0.2) is 0 Å². The zero-order valence-corrected chi connectivity index (χ0v) is 13.4. The second kappa shape index (κ2) is 5.75. The maximum absolute atomic E-state index is 12.3. The first-order valence-corrected chi connectivity index (χ1v) is 8.10. The Bertz CT molecular complexity index is 673. The van der Waals surface area contributed by atoms with Crippen LogP contribution in [0.3, 0.4) is 0 Å². The predicted octanol–water partition coefficient (Wildman–Crippen LogP) is 3.31. The molecule has 0 spiro atoms. The second-order valence-electron chi connectivity index (χ2n) is 7.35. The van der Waals surface area contributed by atoms with Crippen molar-refractivity contribution in [3.63, 3.8) is 0 Å². The van der Waals surface area contributed by atoms with E-state index in [0.29, 0.717) is 29.0 Å². The molecule has 0 atom stereocenters. The lowest BCUT2D eigenvalue weighted by atomic mass is 9.72. The van der Waals surface area contributed by atoms with Crippen molar-refractivity contribution < 1.29 is 5.11 Å². The van der Waals surface area contributed by atoms with E-state index in [1.807, 2.05) is 6.08 Å². The lowest BCUT2D eigenvalue weighted by molar-refractivity contribution is 0.190. The van der Waals surface area contributed by atoms with E-state index >= 15 is 0 Å². The number of aromatic amines is 1. The molecule has 2 aliphatic rings. The minimum absolute atomic E-state index is 0.0643. The molecular formula is C18H24N2O2. The zero-order chi connectivity index (χ0) is 15.7. The van der Waals surface area contributed by atoms with Gasteiger partial charge in [-0.05, 0) is 43.4 Å². The fourth-order valence-electron chi connectivity index (χ4n) is 3.48. The summed E-state index contributed by atoms with van der Waals surface area (Å²) in [6.07, 6.45) is 9.18. The Morgan fingerprint density at radius 1 is 1.36 bits per heavy atom. The molecule has 0 radical (unpaired) electrons. The number of H-pyrrole nitrogens is 1. The Labute approximate surface area is 131 Å². The Morgan fingerprint density at radius 3 is 2.68 bits per heavy atom. The highest BCUT2D eigenvalue weighted by Gasteiger charge is 2.27. The number of nitrogens with zero attached hydrogens (tertiary/aromatic N) is 1. The van der Waals surface area contributed by atoms with E-state index < -0.39 is 0 Å². The molecule has 22 heavy (non-hydrogen) atoms. The summed E-state index contributed by atoms with van der Waals surface area (Å²) in [6.45, 7) is 5.22. The number of aromatic nitrogens is 1. The summed E-state index contributed by atoms with van der Waals surface area (Å²) in [7, 11) is 0. The Morgan fingerprint density at radius 2 is 2.09 bits per heavy atom. The van der Waals surface area contributed by atoms with Crippen LogP contribution in [0.1, 0.15) is 50.8 Å². The van der Waals surface area contributed by atoms with E-state index in [1.165, 1.54) is 25.7 Å². The van der Waals surface area contributed by atoms with E-state index in [9.17, 15) is 9.90 Å². The number of aromatic hydroxyl groups is 1. The lowest BCUT2D eigenvalue weighted by Gasteiger charge is -2.34. The summed E-state index contributed by atoms with van der Waals surface area (Å²) in [6, 6.07) is 1.71. The smallest absolute Gasteiger partial charge is 0.259 e. The van der Waals surface area contributed by atoms with E-state index in [1.54, 1.807) is 12.3 Å². The monoisotopic (exact) mass is 300 g/mol. The zero-order valence-electron chi connectivity index (χ0n) is 13.4. The van der Waals surface area contributed by atoms with Crippen LogP contribution in [0.25, 0.3) is 5.57 Å². The normalized spacial score (nSPS) is 21.1. The van der Waals surface area contributed by atoms with Crippen molar-refractivity contribution >= 4 is 11.8 Å². The number of hydrogen-bond acceptors (Lipinski definition) is 3. The van der Waals surface area contributed by atoms with Crippen LogP contribution in [0.4, 0.5) is 0 Å². The largest absolute Gasteiger partial charge is 0.507 e. The maximum atomic E-state index is 12.3. The number of aliphatic imine (C=N–C) groups is 1. The van der Waals surface area contributed by atoms with Crippen LogP contribution < -0.4 is 5.56 Å². The first-order chi connectivity index (χ1) is 10.4. The summed E-state index contributed by atoms with van der Waals surface area (Å²) in [5.74, 6) is 0.663. The average Bonchev–Trinajstić information content (AvgIpc) is 2.94. The molecule has 2 N–H and O–H groups in total. The van der Waals surface area contributed by atoms with Crippen molar-refractivity contribution in [2.75, 3.05) is 6.54 Å². The number of hydrogen-bond donors (Lipinski definition) is 2. The van der Waals surface area contributed by atoms with E-state index in [0.717, 1.165) is 12.1 Å². The third kappa shape index (κ3) is 3.16. The third-order valence-corrected chi connectivity index (χ3v) is 4.97. The van der Waals surface area contributed by atoms with Crippen molar-refractivity contribution in [2.24, 2.45) is 16.3 Å². The molecule has 0 aromatic carbocycles. The van der Waals surface area contributed by atoms with Crippen LogP contribution in [0.5, 0.6) is 5.75 Å². The van der Waals surface area contributed by atoms with Crippen LogP contribution >= 0.6 is 0 Å². The summed E-state index contributed by atoms with van der Waals surface area (Å²) >= 11 is 0. The van der Waals surface area contributed by atoms with E-state index in [2.05, 4.69) is 23.8 Å². The third-order valence-electron chi connectivity index (χ3n) is 4.97. The molecule has 0 amide bonds. The van der Waals surface area contributed by atoms with Gasteiger partial charge >= 0.3 is 0 Å². The van der Waals surface area contributed by atoms with Crippen LogP contribution in [-0.4, -0.2) is 22.8 Å². The molecule has 0 bridgehead atoms. The Hall–Kier alpha value is -1.84. The molecule has 4 nitrogen and oxygen atoms in total. The highest BCUT2D eigenvalue weighted by molar-refractivity contribution is 6.12. The molecule has 118 valence electrons. The van der Waals surface area contributed by atoms with Gasteiger partial charge in [0.25, 0.3) is 5.56 Å². The fourth-order valence-corrected chi connectivity index (χ4v) is 3.48. The molecule has 0 unspecified atom stereocenters. The van der Waals surface area contributed by atoms with Gasteiger partial charge in [0, 0.05) is 23.5 Å². The number of pyridine rings is 1. The van der Waals surface area contributed by atoms with Crippen molar-refractivity contribution in [1.29, 1.82) is 0 Å². The molecule has 4 heteroatoms. The van der Waals surface area contributed by atoms with Crippen molar-refractivity contribution in [3.05, 3.63) is 33.8 Å². The topological polar surface area (TPSA) is 65.5 Å². The van der Waals surface area contributed by atoms with E-state index in [-0.39, 0.29) is 11.3 Å². The van der Waals surface area contributed by atoms with Gasteiger partial charge in [0.1, 0.15) is 5.75 Å². The number of allylic oxidation sites excluding steroid dienone is 1. The SMILES string of the molecule is CC1(C)CCC(Cc2cc(O)c(C3=CCN=C3)c(=O)[nH]2)CC1. The molecule has 1 fully saturated rings. The molecular weight excluding hydrogens is 276 g/mol. The second-order valence-corrected chi connectivity index (χ2v) is 7.35. The first-order valence-electron chi connectivity index (χ1n) is 8.10. The molecule has 0 saturated heterocycles. The molecule has 1 aliphatic heterocycles. The Balaban J connectivity index is 1.76. The predicted molar refractivity (Wildman–Crippen MR) is 89.5 cm³/mol. The van der Waals surface area contributed by atoms with Gasteiger partial charge in [-0.25, -0.2) is 0 Å². The van der Waals surface area contributed by atoms with Crippen LogP contribution in [-0.2, 0) is 6.42 Å². The highest BCUT2D eigenvalue weighted by Crippen LogP contribution is 2.39. The van der Waals surface area contributed by atoms with Crippen molar-refractivity contribution in [3.8, 4) is 5.75 Å². The summed E-state index contributed by atoms with van der Waals surface area (Å²) in [5, 5.41) is 10.2. The van der Waals surface area contributed by atoms with Crippen molar-refractivity contribution in [2.45, 2.75) is 46.0 Å². The molecule has 2 heterocycles. The Kier molecular flexibility index (Phi) is 3.94. The van der Waals surface area contributed by atoms with Gasteiger partial charge in [0.05, 0.1) is 12.1 Å². The van der Waals surface area contributed by atoms with Crippen molar-refractivity contribution in [1.82, 2.24) is 4.98 Å². The number of nitrogens with one attached hydrogen (secondary N) is 1. The number of rotatable bonds is 3. The van der Waals surface area contributed by atoms with Gasteiger partial charge < -0.3 is 10.1 Å². The average molecular weight is 300 g/mol. The lowest BCUT2D eigenvalue weighted by Crippen LogP contribution is -2.23. The molecule has 1 saturated carbocycles. The molecule has 1 aromatic heterocycles. The van der Waals surface area contributed by atoms with Gasteiger partial charge in [-0.3, -0.25) is 9.79 Å². The van der Waals surface area contributed by atoms with E-state index in [4.69, 9.17) is 0 Å². The standard InChI is InChI=1S/C18H24N2O2/c1-18(2)6-3-12(4-7-18)9-14-10-15(21)16(17(22)20-14)13-5-8-19-11-13/h5,10-12H,3-4,6-9H2,1-2H3,(H2,20,21,22). The van der Waals surface area contributed by atoms with Crippen LogP contribution in [0, 0.1) is 11.3 Å². The maximum Gasteiger partial charge on any atom is 0.259 e. The summed E-state index contributed by atoms with van der Waals surface area (Å²) < 4.78 is 0. The summed E-state index contributed by atoms with van der Waals surface area (Å²) in [5.41, 5.74) is 2.13.